The van der Waals surface area contributed by atoms with E-state index < -0.39 is 16.1 Å². The number of halogens is 1. The molecule has 1 aromatic rings. The van der Waals surface area contributed by atoms with E-state index in [-0.39, 0.29) is 22.0 Å². The highest BCUT2D eigenvalue weighted by atomic mass is 35.5. The lowest BCUT2D eigenvalue weighted by molar-refractivity contribution is 0.125. The van der Waals surface area contributed by atoms with Crippen LogP contribution >= 0.6 is 11.6 Å². The first-order valence-corrected chi connectivity index (χ1v) is 7.75. The molecule has 1 rings (SSSR count). The Hall–Kier alpha value is -0.690. The standard InChI is InChI=1S/C12H19ClN2O3S/c1-12(2,3)6-9(16)7-15-19(17,18)10-4-5-11(13)14-8-10/h4-5,8-9,15-16H,6-7H2,1-3H3. The minimum atomic E-state index is -3.66. The Morgan fingerprint density at radius 1 is 1.42 bits per heavy atom. The van der Waals surface area contributed by atoms with Crippen LogP contribution in [0.15, 0.2) is 23.2 Å². The lowest BCUT2D eigenvalue weighted by Gasteiger charge is -2.22. The monoisotopic (exact) mass is 306 g/mol. The summed E-state index contributed by atoms with van der Waals surface area (Å²) in [4.78, 5) is 3.74. The molecule has 5 nitrogen and oxygen atoms in total. The maximum Gasteiger partial charge on any atom is 0.242 e. The minimum absolute atomic E-state index is 0.0256. The Bertz CT molecular complexity index is 509. The maximum absolute atomic E-state index is 11.9. The van der Waals surface area contributed by atoms with Gasteiger partial charge >= 0.3 is 0 Å². The molecule has 1 atom stereocenters. The van der Waals surface area contributed by atoms with Gasteiger partial charge in [0.15, 0.2) is 0 Å². The zero-order valence-electron chi connectivity index (χ0n) is 11.2. The Morgan fingerprint density at radius 3 is 2.53 bits per heavy atom. The van der Waals surface area contributed by atoms with Crippen LogP contribution in [0.3, 0.4) is 0 Å². The number of aliphatic hydroxyl groups excluding tert-OH is 1. The number of rotatable bonds is 5. The van der Waals surface area contributed by atoms with Crippen LogP contribution in [0.1, 0.15) is 27.2 Å². The molecule has 7 heteroatoms. The van der Waals surface area contributed by atoms with Crippen molar-refractivity contribution in [1.29, 1.82) is 0 Å². The molecule has 1 aromatic heterocycles. The number of aliphatic hydroxyl groups is 1. The van der Waals surface area contributed by atoms with Crippen LogP contribution in [0.2, 0.25) is 5.15 Å². The third kappa shape index (κ3) is 5.86. The first-order chi connectivity index (χ1) is 8.60. The summed E-state index contributed by atoms with van der Waals surface area (Å²) in [5.74, 6) is 0. The molecule has 0 fully saturated rings. The molecule has 0 bridgehead atoms. The first-order valence-electron chi connectivity index (χ1n) is 5.89. The highest BCUT2D eigenvalue weighted by Crippen LogP contribution is 2.20. The van der Waals surface area contributed by atoms with E-state index in [1.807, 2.05) is 20.8 Å². The van der Waals surface area contributed by atoms with Crippen molar-refractivity contribution in [2.45, 2.75) is 38.2 Å². The van der Waals surface area contributed by atoms with Gasteiger partial charge < -0.3 is 5.11 Å². The number of sulfonamides is 1. The van der Waals surface area contributed by atoms with E-state index in [0.717, 1.165) is 0 Å². The van der Waals surface area contributed by atoms with Crippen molar-refractivity contribution in [2.24, 2.45) is 5.41 Å². The van der Waals surface area contributed by atoms with Crippen LogP contribution in [-0.4, -0.2) is 31.2 Å². The van der Waals surface area contributed by atoms with E-state index >= 15 is 0 Å². The Morgan fingerprint density at radius 2 is 2.05 bits per heavy atom. The Labute approximate surface area is 119 Å². The van der Waals surface area contributed by atoms with Gasteiger partial charge in [0, 0.05) is 12.7 Å². The SMILES string of the molecule is CC(C)(C)CC(O)CNS(=O)(=O)c1ccc(Cl)nc1. The van der Waals surface area contributed by atoms with Crippen LogP contribution in [0, 0.1) is 5.41 Å². The quantitative estimate of drug-likeness (QED) is 0.813. The number of hydrogen-bond donors (Lipinski definition) is 2. The van der Waals surface area contributed by atoms with Gasteiger partial charge in [-0.1, -0.05) is 32.4 Å². The summed E-state index contributed by atoms with van der Waals surface area (Å²) < 4.78 is 26.2. The molecular weight excluding hydrogens is 288 g/mol. The minimum Gasteiger partial charge on any atom is -0.392 e. The van der Waals surface area contributed by atoms with Crippen molar-refractivity contribution < 1.29 is 13.5 Å². The summed E-state index contributed by atoms with van der Waals surface area (Å²) in [5.41, 5.74) is -0.0628. The number of aromatic nitrogens is 1. The Balaban J connectivity index is 2.63. The van der Waals surface area contributed by atoms with Gasteiger partial charge in [0.1, 0.15) is 10.0 Å². The van der Waals surface area contributed by atoms with Crippen LogP contribution in [0.4, 0.5) is 0 Å². The number of nitrogens with zero attached hydrogens (tertiary/aromatic N) is 1. The van der Waals surface area contributed by atoms with Gasteiger partial charge in [0.25, 0.3) is 0 Å². The van der Waals surface area contributed by atoms with Crippen LogP contribution in [-0.2, 0) is 10.0 Å². The summed E-state index contributed by atoms with van der Waals surface area (Å²) >= 11 is 5.60. The van der Waals surface area contributed by atoms with Gasteiger partial charge in [0.05, 0.1) is 6.10 Å². The average Bonchev–Trinajstić information content (AvgIpc) is 2.25. The van der Waals surface area contributed by atoms with Crippen molar-refractivity contribution >= 4 is 21.6 Å². The topological polar surface area (TPSA) is 79.3 Å². The van der Waals surface area contributed by atoms with E-state index in [1.165, 1.54) is 18.3 Å². The second kappa shape index (κ2) is 6.17. The van der Waals surface area contributed by atoms with E-state index in [1.54, 1.807) is 0 Å². The predicted molar refractivity (Wildman–Crippen MR) is 74.5 cm³/mol. The molecular formula is C12H19ClN2O3S. The maximum atomic E-state index is 11.9. The van der Waals surface area contributed by atoms with Gasteiger partial charge in [0.2, 0.25) is 10.0 Å². The normalized spacial score (nSPS) is 14.4. The second-order valence-corrected chi connectivity index (χ2v) is 7.74. The van der Waals surface area contributed by atoms with E-state index in [4.69, 9.17) is 11.6 Å². The molecule has 0 spiro atoms. The largest absolute Gasteiger partial charge is 0.392 e. The van der Waals surface area contributed by atoms with Gasteiger partial charge in [-0.3, -0.25) is 0 Å². The lowest BCUT2D eigenvalue weighted by atomic mass is 9.89. The second-order valence-electron chi connectivity index (χ2n) is 5.59. The number of hydrogen-bond acceptors (Lipinski definition) is 4. The molecule has 0 saturated heterocycles. The molecule has 2 N–H and O–H groups in total. The summed E-state index contributed by atoms with van der Waals surface area (Å²) in [6.45, 7) is 5.91. The van der Waals surface area contributed by atoms with E-state index in [2.05, 4.69) is 9.71 Å². The summed E-state index contributed by atoms with van der Waals surface area (Å²) in [6, 6.07) is 2.77. The summed E-state index contributed by atoms with van der Waals surface area (Å²) in [5, 5.41) is 10.0. The fourth-order valence-electron chi connectivity index (χ4n) is 1.59. The highest BCUT2D eigenvalue weighted by molar-refractivity contribution is 7.89. The van der Waals surface area contributed by atoms with Crippen molar-refractivity contribution in [3.05, 3.63) is 23.5 Å². The van der Waals surface area contributed by atoms with Gasteiger partial charge in [-0.05, 0) is 24.0 Å². The third-order valence-corrected chi connectivity index (χ3v) is 4.00. The fourth-order valence-corrected chi connectivity index (χ4v) is 2.72. The lowest BCUT2D eigenvalue weighted by Crippen LogP contribution is -2.34. The molecule has 0 aliphatic carbocycles. The first kappa shape index (κ1) is 16.4. The van der Waals surface area contributed by atoms with Gasteiger partial charge in [-0.15, -0.1) is 0 Å². The average molecular weight is 307 g/mol. The molecule has 19 heavy (non-hydrogen) atoms. The molecule has 0 radical (unpaired) electrons. The molecule has 0 aromatic carbocycles. The van der Waals surface area contributed by atoms with Crippen LogP contribution in [0.5, 0.6) is 0 Å². The molecule has 0 amide bonds. The van der Waals surface area contributed by atoms with Gasteiger partial charge in [-0.25, -0.2) is 18.1 Å². The molecule has 1 unspecified atom stereocenters. The molecule has 0 aliphatic rings. The van der Waals surface area contributed by atoms with E-state index in [0.29, 0.717) is 6.42 Å². The summed E-state index contributed by atoms with van der Waals surface area (Å²) in [6.07, 6.45) is 0.963. The third-order valence-electron chi connectivity index (χ3n) is 2.37. The van der Waals surface area contributed by atoms with Crippen molar-refractivity contribution in [3.8, 4) is 0 Å². The smallest absolute Gasteiger partial charge is 0.242 e. The van der Waals surface area contributed by atoms with Crippen molar-refractivity contribution in [3.63, 3.8) is 0 Å². The molecule has 0 saturated carbocycles. The van der Waals surface area contributed by atoms with Crippen LogP contribution in [0.25, 0.3) is 0 Å². The zero-order chi connectivity index (χ0) is 14.7. The van der Waals surface area contributed by atoms with Crippen molar-refractivity contribution in [2.75, 3.05) is 6.54 Å². The zero-order valence-corrected chi connectivity index (χ0v) is 12.8. The van der Waals surface area contributed by atoms with Gasteiger partial charge in [-0.2, -0.15) is 0 Å². The van der Waals surface area contributed by atoms with Crippen LogP contribution < -0.4 is 4.72 Å². The number of pyridine rings is 1. The number of nitrogens with one attached hydrogen (secondary N) is 1. The highest BCUT2D eigenvalue weighted by Gasteiger charge is 2.20. The molecule has 1 heterocycles. The van der Waals surface area contributed by atoms with Crippen molar-refractivity contribution in [1.82, 2.24) is 9.71 Å². The summed E-state index contributed by atoms with van der Waals surface area (Å²) in [7, 11) is -3.66. The molecule has 108 valence electrons. The molecule has 0 aliphatic heterocycles. The Kier molecular flexibility index (Phi) is 5.32. The van der Waals surface area contributed by atoms with E-state index in [9.17, 15) is 13.5 Å². The fraction of sp³-hybridized carbons (Fsp3) is 0.583. The predicted octanol–water partition coefficient (Wildman–Crippen LogP) is 1.81.